The maximum absolute atomic E-state index is 12.1. The minimum Gasteiger partial charge on any atom is -0.486 e. The predicted octanol–water partition coefficient (Wildman–Crippen LogP) is -0.367. The van der Waals surface area contributed by atoms with Gasteiger partial charge in [0.05, 0.1) is 5.92 Å². The van der Waals surface area contributed by atoms with Gasteiger partial charge < -0.3 is 47.2 Å². The van der Waals surface area contributed by atoms with E-state index in [-0.39, 0.29) is 201 Å². The van der Waals surface area contributed by atoms with Gasteiger partial charge in [0.15, 0.2) is 0 Å². The number of hydrogen-bond donors (Lipinski definition) is 2. The van der Waals surface area contributed by atoms with Gasteiger partial charge in [0.25, 0.3) is 47.3 Å². The summed E-state index contributed by atoms with van der Waals surface area (Å²) in [5, 5.41) is 0.571. The van der Waals surface area contributed by atoms with Gasteiger partial charge >= 0.3 is 109 Å². The number of Topliss-reactive ketones (excluding diaryl/α,β-unsaturated/α-hetero) is 2. The first-order valence-corrected chi connectivity index (χ1v) is 26.9. The number of carbonyl (C=O) groups excluding carboxylic acids is 11. The number of amides is 8. The third-order valence-electron chi connectivity index (χ3n) is 12.5. The van der Waals surface area contributed by atoms with E-state index >= 15 is 0 Å². The van der Waals surface area contributed by atoms with Gasteiger partial charge in [0.1, 0.15) is 11.6 Å². The van der Waals surface area contributed by atoms with Crippen LogP contribution < -0.4 is 114 Å². The number of carbonyl (C=O) groups is 11. The van der Waals surface area contributed by atoms with Crippen LogP contribution in [-0.2, 0) is 81.2 Å². The Hall–Kier alpha value is -1.18. The Bertz CT molecular complexity index is 1820. The van der Waals surface area contributed by atoms with Gasteiger partial charge in [-0.05, 0) is 118 Å². The molecule has 0 spiro atoms. The largest absolute Gasteiger partial charge is 1.00 e. The standard InChI is InChI=1S/C16H18N2O6.2C14H18NO3.2CH4N.CH4.CH3.2K.P2S2/c19-12-5-6-13(20)17(12)9-10-1-3-11(4-2-10)16(23)24-18-14(21)7-8-15(18)22;2*1-2-12(16)11-5-3-10(4-6-11)9-15-13(17)7-8-14(15)18;2*1-2;;;;;3-1-2-4/h5-6,10-11H,1-4,7-9H2;2*7-8,10-11H,1-6,9H2;2*1-2H2;1H4;1H3;;;/q;4*-1;;-1;2*+1;. The predicted molar refractivity (Wildman–Crippen MR) is 272 cm³/mol. The average Bonchev–Trinajstić information content (AvgIpc) is 4.08. The fourth-order valence-electron chi connectivity index (χ4n) is 8.75. The zero-order valence-electron chi connectivity index (χ0n) is 41.2. The molecule has 0 radical (unpaired) electrons. The molecule has 4 fully saturated rings. The molecule has 18 nitrogen and oxygen atoms in total. The molecule has 4 heterocycles. The molecule has 7 aliphatic rings. The van der Waals surface area contributed by atoms with Crippen molar-refractivity contribution in [1.82, 2.24) is 19.8 Å². The number of nitrogens with two attached hydrogens (primary N) is 2. The molecule has 0 aromatic carbocycles. The Balaban J connectivity index is -0.000000909. The van der Waals surface area contributed by atoms with Gasteiger partial charge in [-0.3, -0.25) is 67.2 Å². The second kappa shape index (κ2) is 41.0. The van der Waals surface area contributed by atoms with E-state index in [1.807, 2.05) is 0 Å². The zero-order valence-corrected chi connectivity index (χ0v) is 50.9. The van der Waals surface area contributed by atoms with Crippen molar-refractivity contribution in [3.8, 4) is 0 Å². The summed E-state index contributed by atoms with van der Waals surface area (Å²) >= 11 is 8.82. The molecule has 0 bridgehead atoms. The summed E-state index contributed by atoms with van der Waals surface area (Å²) in [6.07, 6.45) is 18.2. The van der Waals surface area contributed by atoms with Gasteiger partial charge in [0, 0.05) is 94.9 Å². The number of rotatable bonds is 13. The Morgan fingerprint density at radius 2 is 0.736 bits per heavy atom. The molecule has 390 valence electrons. The van der Waals surface area contributed by atoms with Gasteiger partial charge in [-0.15, -0.1) is 17.9 Å². The van der Waals surface area contributed by atoms with Crippen molar-refractivity contribution in [2.75, 3.05) is 19.6 Å². The van der Waals surface area contributed by atoms with E-state index in [9.17, 15) is 52.7 Å². The molecule has 0 unspecified atom stereocenters. The molecule has 24 heteroatoms. The summed E-state index contributed by atoms with van der Waals surface area (Å²) in [5.41, 5.74) is 8.50. The summed E-state index contributed by atoms with van der Waals surface area (Å²) in [7, 11) is 7.24. The van der Waals surface area contributed by atoms with Crippen molar-refractivity contribution >= 4 is 102 Å². The minimum atomic E-state index is -0.563. The second-order valence-corrected chi connectivity index (χ2v) is 20.8. The molecule has 3 saturated carbocycles. The first-order chi connectivity index (χ1) is 32.6. The molecule has 0 aromatic rings. The normalized spacial score (nSPS) is 23.8. The summed E-state index contributed by atoms with van der Waals surface area (Å²) in [6, 6.07) is 0. The monoisotopic (exact) mass is 1130 g/mol. The van der Waals surface area contributed by atoms with E-state index in [4.69, 9.17) is 4.84 Å². The van der Waals surface area contributed by atoms with E-state index in [0.717, 1.165) is 65.5 Å². The van der Waals surface area contributed by atoms with Gasteiger partial charge in [-0.2, -0.15) is 0 Å². The molecule has 4 aliphatic heterocycles. The quantitative estimate of drug-likeness (QED) is 0.103. The van der Waals surface area contributed by atoms with Crippen LogP contribution in [0, 0.1) is 70.9 Å². The molecule has 3 aliphatic carbocycles. The molecule has 1 saturated heterocycles. The summed E-state index contributed by atoms with van der Waals surface area (Å²) < 4.78 is 0. The Morgan fingerprint density at radius 1 is 0.500 bits per heavy atom. The van der Waals surface area contributed by atoms with Crippen LogP contribution >= 0.6 is 14.1 Å². The third kappa shape index (κ3) is 24.4. The van der Waals surface area contributed by atoms with Crippen LogP contribution in [0.2, 0.25) is 0 Å². The fraction of sp³-hybridized carbons (Fsp3) is 0.542. The van der Waals surface area contributed by atoms with E-state index < -0.39 is 17.8 Å². The van der Waals surface area contributed by atoms with E-state index in [1.165, 1.54) is 51.2 Å². The van der Waals surface area contributed by atoms with E-state index in [1.54, 1.807) is 0 Å². The van der Waals surface area contributed by atoms with Gasteiger partial charge in [0.2, 0.25) is 0 Å². The molecule has 72 heavy (non-hydrogen) atoms. The zero-order chi connectivity index (χ0) is 50.9. The molecule has 7 rings (SSSR count). The van der Waals surface area contributed by atoms with Crippen LogP contribution in [0.3, 0.4) is 0 Å². The molecular weight excluding hydrogens is 1060 g/mol. The average molecular weight is 1130 g/mol. The van der Waals surface area contributed by atoms with Crippen LogP contribution in [-0.4, -0.2) is 104 Å². The van der Waals surface area contributed by atoms with Crippen molar-refractivity contribution < 1.29 is 160 Å². The second-order valence-electron chi connectivity index (χ2n) is 16.6. The van der Waals surface area contributed by atoms with Gasteiger partial charge in [-0.1, -0.05) is 7.43 Å². The smallest absolute Gasteiger partial charge is 0.486 e. The first kappa shape index (κ1) is 75.1. The minimum absolute atomic E-state index is 0. The molecule has 8 amide bonds. The molecular formula is C48H69K2N6O12P2S2-3. The first-order valence-electron chi connectivity index (χ1n) is 22.4. The Morgan fingerprint density at radius 3 is 0.958 bits per heavy atom. The maximum atomic E-state index is 12.1. The number of imide groups is 4. The molecule has 0 atom stereocenters. The summed E-state index contributed by atoms with van der Waals surface area (Å²) in [6.45, 7) is 8.60. The van der Waals surface area contributed by atoms with Crippen molar-refractivity contribution in [2.24, 2.45) is 47.0 Å². The van der Waals surface area contributed by atoms with Crippen molar-refractivity contribution in [3.05, 3.63) is 71.8 Å². The summed E-state index contributed by atoms with van der Waals surface area (Å²) in [4.78, 5) is 136. The fourth-order valence-corrected chi connectivity index (χ4v) is 8.75. The maximum Gasteiger partial charge on any atom is 1.00 e. The third-order valence-corrected chi connectivity index (χ3v) is 15.2. The van der Waals surface area contributed by atoms with Crippen LogP contribution in [0.1, 0.15) is 110 Å². The molecule has 0 aromatic heterocycles. The van der Waals surface area contributed by atoms with Crippen LogP contribution in [0.25, 0.3) is 0 Å². The Kier molecular flexibility index (Phi) is 42.7. The van der Waals surface area contributed by atoms with Crippen LogP contribution in [0.4, 0.5) is 0 Å². The van der Waals surface area contributed by atoms with Crippen molar-refractivity contribution in [2.45, 2.75) is 110 Å². The van der Waals surface area contributed by atoms with E-state index in [2.05, 4.69) is 63.0 Å². The van der Waals surface area contributed by atoms with E-state index in [0.29, 0.717) is 75.1 Å². The van der Waals surface area contributed by atoms with Crippen molar-refractivity contribution in [1.29, 1.82) is 0 Å². The summed E-state index contributed by atoms with van der Waals surface area (Å²) in [5.74, 6) is -1.76. The SMILES string of the molecule is C.O=C(ON1C(=O)CCC1=O)C1CCC(CN2C(=O)C=CC2=O)CC1.S=PP=S.[CH2-]CC(=O)C1CCC(CN2C(=O)C=CC2=O)CC1.[CH2-]CC(=O)C1CCC(CN2C(=O)C=CC2=O)CC1.[CH2-]N.[CH2-]N.[CH3-].[K+].[K+]. The number of hydrogen-bond acceptors (Lipinski definition) is 16. The van der Waals surface area contributed by atoms with Crippen molar-refractivity contribution in [3.63, 3.8) is 0 Å². The number of hydroxylamine groups is 2. The Labute approximate surface area is 524 Å². The van der Waals surface area contributed by atoms with Crippen LogP contribution in [0.15, 0.2) is 36.5 Å². The number of ketones is 2. The topological polar surface area (TPSA) is 262 Å². The van der Waals surface area contributed by atoms with Crippen LogP contribution in [0.5, 0.6) is 0 Å². The molecule has 4 N–H and O–H groups in total. The van der Waals surface area contributed by atoms with Gasteiger partial charge in [-0.25, -0.2) is 4.79 Å². The number of nitrogens with zero attached hydrogens (tertiary/aromatic N) is 4.